The number of aromatic nitrogens is 1. The van der Waals surface area contributed by atoms with Crippen molar-refractivity contribution in [3.05, 3.63) is 76.8 Å². The number of thioether (sulfide) groups is 1. The van der Waals surface area contributed by atoms with Crippen LogP contribution >= 0.6 is 23.4 Å². The van der Waals surface area contributed by atoms with E-state index in [2.05, 4.69) is 16.8 Å². The molecule has 3 aromatic rings. The molecule has 3 atom stereocenters. The van der Waals surface area contributed by atoms with Gasteiger partial charge in [0.1, 0.15) is 23.6 Å². The summed E-state index contributed by atoms with van der Waals surface area (Å²) in [5.41, 5.74) is 1.62. The smallest absolute Gasteiger partial charge is 0.335 e. The molecule has 0 radical (unpaired) electrons. The first kappa shape index (κ1) is 20.2. The Morgan fingerprint density at radius 3 is 2.90 bits per heavy atom. The average molecular weight is 454 g/mol. The van der Waals surface area contributed by atoms with E-state index in [-0.39, 0.29) is 17.6 Å². The third-order valence-electron chi connectivity index (χ3n) is 5.73. The van der Waals surface area contributed by atoms with Gasteiger partial charge in [-0.15, -0.1) is 0 Å². The van der Waals surface area contributed by atoms with Crippen LogP contribution in [0.1, 0.15) is 47.2 Å². The molecule has 1 N–H and O–H groups in total. The Balaban J connectivity index is 1.56. The molecule has 0 spiro atoms. The minimum absolute atomic E-state index is 0.111. The number of carboxylic acid groups (broad SMARTS) is 1. The van der Waals surface area contributed by atoms with Crippen molar-refractivity contribution in [2.24, 2.45) is 4.99 Å². The van der Waals surface area contributed by atoms with Crippen LogP contribution in [0.4, 0.5) is 0 Å². The molecule has 1 fully saturated rings. The summed E-state index contributed by atoms with van der Waals surface area (Å²) < 4.78 is 6.29. The van der Waals surface area contributed by atoms with Crippen LogP contribution in [-0.2, 0) is 0 Å². The van der Waals surface area contributed by atoms with Crippen LogP contribution in [0.3, 0.4) is 0 Å². The Morgan fingerprint density at radius 2 is 2.16 bits per heavy atom. The fourth-order valence-electron chi connectivity index (χ4n) is 4.16. The van der Waals surface area contributed by atoms with Crippen LogP contribution in [-0.4, -0.2) is 37.9 Å². The van der Waals surface area contributed by atoms with Gasteiger partial charge >= 0.3 is 5.97 Å². The van der Waals surface area contributed by atoms with Crippen LogP contribution in [0.15, 0.2) is 64.1 Å². The van der Waals surface area contributed by atoms with E-state index in [1.165, 1.54) is 6.07 Å². The van der Waals surface area contributed by atoms with Crippen molar-refractivity contribution in [3.8, 4) is 11.3 Å². The average Bonchev–Trinajstić information content (AvgIpc) is 3.49. The lowest BCUT2D eigenvalue weighted by Crippen LogP contribution is -2.35. The van der Waals surface area contributed by atoms with Gasteiger partial charge in [-0.25, -0.2) is 9.79 Å². The van der Waals surface area contributed by atoms with Crippen molar-refractivity contribution in [1.82, 2.24) is 9.88 Å². The number of pyridine rings is 1. The minimum atomic E-state index is -1.01. The van der Waals surface area contributed by atoms with Gasteiger partial charge in [-0.2, -0.15) is 0 Å². The highest BCUT2D eigenvalue weighted by Crippen LogP contribution is 2.49. The zero-order chi connectivity index (χ0) is 21.5. The van der Waals surface area contributed by atoms with Gasteiger partial charge in [0.05, 0.1) is 16.3 Å². The lowest BCUT2D eigenvalue weighted by molar-refractivity contribution is 0.0697. The lowest BCUT2D eigenvalue weighted by atomic mass is 10.0. The topological polar surface area (TPSA) is 78.9 Å². The summed E-state index contributed by atoms with van der Waals surface area (Å²) in [7, 11) is 0. The highest BCUT2D eigenvalue weighted by Gasteiger charge is 2.46. The van der Waals surface area contributed by atoms with E-state index in [1.54, 1.807) is 30.1 Å². The quantitative estimate of drug-likeness (QED) is 0.536. The molecular formula is C23H20ClN3O3S. The molecule has 1 saturated heterocycles. The number of benzene rings is 1. The van der Waals surface area contributed by atoms with Crippen molar-refractivity contribution >= 4 is 34.5 Å². The van der Waals surface area contributed by atoms with Gasteiger partial charge in [0.15, 0.2) is 5.17 Å². The van der Waals surface area contributed by atoms with Gasteiger partial charge < -0.3 is 14.4 Å². The number of hydrogen-bond donors (Lipinski definition) is 1. The van der Waals surface area contributed by atoms with Gasteiger partial charge in [-0.3, -0.25) is 4.98 Å². The summed E-state index contributed by atoms with van der Waals surface area (Å²) in [6.07, 6.45) is 2.79. The maximum Gasteiger partial charge on any atom is 0.335 e. The number of aliphatic imine (C=N–C) groups is 1. The lowest BCUT2D eigenvalue weighted by Gasteiger charge is -2.30. The fourth-order valence-corrected chi connectivity index (χ4v) is 5.71. The number of aromatic carboxylic acids is 1. The number of rotatable bonds is 5. The second-order valence-corrected chi connectivity index (χ2v) is 8.93. The van der Waals surface area contributed by atoms with E-state index in [9.17, 15) is 9.90 Å². The molecule has 31 heavy (non-hydrogen) atoms. The maximum atomic E-state index is 11.4. The number of fused-ring (bicyclic) bond motifs is 1. The summed E-state index contributed by atoms with van der Waals surface area (Å²) in [5.74, 6) is 1.30. The second kappa shape index (κ2) is 8.05. The largest absolute Gasteiger partial charge is 0.478 e. The molecule has 0 amide bonds. The number of nitrogens with zero attached hydrogens (tertiary/aromatic N) is 3. The van der Waals surface area contributed by atoms with Crippen LogP contribution in [0.25, 0.3) is 11.3 Å². The summed E-state index contributed by atoms with van der Waals surface area (Å²) >= 11 is 8.14. The third kappa shape index (κ3) is 3.51. The van der Waals surface area contributed by atoms with E-state index in [0.717, 1.165) is 28.8 Å². The Bertz CT molecular complexity index is 1160. The SMILES string of the molecule is CC[C@@H]1CSC2=N[C@H](c3ccccn3)[C@@H](c3ccc(-c4cc(C(=O)O)ccc4Cl)o3)N21. The number of furan rings is 1. The molecular weight excluding hydrogens is 434 g/mol. The number of hydrogen-bond acceptors (Lipinski definition) is 6. The Morgan fingerprint density at radius 1 is 1.29 bits per heavy atom. The normalized spacial score (nSPS) is 22.5. The molecule has 0 unspecified atom stereocenters. The molecule has 0 bridgehead atoms. The molecule has 2 aliphatic rings. The van der Waals surface area contributed by atoms with Gasteiger partial charge in [-0.1, -0.05) is 36.4 Å². The highest BCUT2D eigenvalue weighted by atomic mass is 35.5. The van der Waals surface area contributed by atoms with Crippen molar-refractivity contribution in [3.63, 3.8) is 0 Å². The predicted octanol–water partition coefficient (Wildman–Crippen LogP) is 5.67. The molecule has 2 aromatic heterocycles. The van der Waals surface area contributed by atoms with Crippen molar-refractivity contribution in [1.29, 1.82) is 0 Å². The van der Waals surface area contributed by atoms with Crippen molar-refractivity contribution < 1.29 is 14.3 Å². The van der Waals surface area contributed by atoms with Crippen molar-refractivity contribution in [2.75, 3.05) is 5.75 Å². The molecule has 6 nitrogen and oxygen atoms in total. The zero-order valence-corrected chi connectivity index (χ0v) is 18.3. The van der Waals surface area contributed by atoms with Crippen LogP contribution in [0, 0.1) is 0 Å². The van der Waals surface area contributed by atoms with Gasteiger partial charge in [0, 0.05) is 23.6 Å². The summed E-state index contributed by atoms with van der Waals surface area (Å²) in [6, 6.07) is 14.3. The van der Waals surface area contributed by atoms with E-state index >= 15 is 0 Å². The van der Waals surface area contributed by atoms with Gasteiger partial charge in [-0.05, 0) is 48.9 Å². The maximum absolute atomic E-state index is 11.4. The second-order valence-electron chi connectivity index (χ2n) is 7.54. The molecule has 4 heterocycles. The molecule has 8 heteroatoms. The van der Waals surface area contributed by atoms with E-state index in [1.807, 2.05) is 30.3 Å². The minimum Gasteiger partial charge on any atom is -0.478 e. The first-order valence-corrected chi connectivity index (χ1v) is 11.5. The Hall–Kier alpha value is -2.77. The fraction of sp³-hybridized carbons (Fsp3) is 0.261. The first-order valence-electron chi connectivity index (χ1n) is 10.1. The first-order chi connectivity index (χ1) is 15.1. The van der Waals surface area contributed by atoms with Gasteiger partial charge in [0.2, 0.25) is 0 Å². The van der Waals surface area contributed by atoms with Crippen molar-refractivity contribution in [2.45, 2.75) is 31.5 Å². The monoisotopic (exact) mass is 453 g/mol. The number of halogens is 1. The molecule has 0 saturated carbocycles. The van der Waals surface area contributed by atoms with Crippen LogP contribution in [0.5, 0.6) is 0 Å². The highest BCUT2D eigenvalue weighted by molar-refractivity contribution is 8.14. The number of carboxylic acids is 1. The summed E-state index contributed by atoms with van der Waals surface area (Å²) in [4.78, 5) is 23.3. The molecule has 5 rings (SSSR count). The number of amidine groups is 1. The Kier molecular flexibility index (Phi) is 5.24. The standard InChI is InChI=1S/C23H20ClN3O3S/c1-2-14-12-31-23-26-20(17-5-3-4-10-25-17)21(27(14)23)19-9-8-18(30-19)15-11-13(22(28)29)6-7-16(15)24/h3-11,14,20-21H,2,12H2,1H3,(H,28,29)/t14-,20-,21-/m1/s1. The van der Waals surface area contributed by atoms with E-state index in [0.29, 0.717) is 22.4 Å². The van der Waals surface area contributed by atoms with Crippen LogP contribution in [0.2, 0.25) is 5.02 Å². The predicted molar refractivity (Wildman–Crippen MR) is 122 cm³/mol. The zero-order valence-electron chi connectivity index (χ0n) is 16.7. The molecule has 158 valence electrons. The molecule has 0 aliphatic carbocycles. The van der Waals surface area contributed by atoms with Crippen LogP contribution < -0.4 is 0 Å². The van der Waals surface area contributed by atoms with E-state index < -0.39 is 5.97 Å². The van der Waals surface area contributed by atoms with Gasteiger partial charge in [0.25, 0.3) is 0 Å². The molecule has 2 aliphatic heterocycles. The summed E-state index contributed by atoms with van der Waals surface area (Å²) in [6.45, 7) is 2.18. The van der Waals surface area contributed by atoms with E-state index in [4.69, 9.17) is 21.0 Å². The Labute approximate surface area is 189 Å². The third-order valence-corrected chi connectivity index (χ3v) is 7.18. The number of carbonyl (C=O) groups is 1. The summed E-state index contributed by atoms with van der Waals surface area (Å²) in [5, 5.41) is 10.8. The molecule has 1 aromatic carbocycles.